The van der Waals surface area contributed by atoms with Gasteiger partial charge in [0.15, 0.2) is 0 Å². The minimum absolute atomic E-state index is 0.200. The van der Waals surface area contributed by atoms with E-state index in [0.29, 0.717) is 5.69 Å². The van der Waals surface area contributed by atoms with Crippen molar-refractivity contribution in [2.45, 2.75) is 19.8 Å². The first-order chi connectivity index (χ1) is 7.63. The largest absolute Gasteiger partial charge is 0.397 e. The highest BCUT2D eigenvalue weighted by atomic mass is 16.1. The highest BCUT2D eigenvalue weighted by molar-refractivity contribution is 5.79. The summed E-state index contributed by atoms with van der Waals surface area (Å²) in [5, 5.41) is 0. The van der Waals surface area contributed by atoms with Gasteiger partial charge >= 0.3 is 0 Å². The smallest absolute Gasteiger partial charge is 0.236 e. The predicted octanol–water partition coefficient (Wildman–Crippen LogP) is 0.756. The molecule has 0 spiro atoms. The van der Waals surface area contributed by atoms with E-state index >= 15 is 0 Å². The number of hydrogen-bond acceptors (Lipinski definition) is 4. The molecule has 0 aliphatic rings. The molecule has 5 nitrogen and oxygen atoms in total. The molecule has 16 heavy (non-hydrogen) atoms. The van der Waals surface area contributed by atoms with Crippen LogP contribution in [0.4, 0.5) is 11.4 Å². The van der Waals surface area contributed by atoms with Crippen LogP contribution in [0.2, 0.25) is 0 Å². The summed E-state index contributed by atoms with van der Waals surface area (Å²) in [5.74, 6) is -0.349. The van der Waals surface area contributed by atoms with E-state index in [0.717, 1.165) is 25.1 Å². The van der Waals surface area contributed by atoms with Crippen LogP contribution in [0.1, 0.15) is 19.8 Å². The number of amides is 1. The van der Waals surface area contributed by atoms with Crippen molar-refractivity contribution in [1.29, 1.82) is 0 Å². The number of rotatable bonds is 6. The van der Waals surface area contributed by atoms with E-state index in [2.05, 4.69) is 11.9 Å². The number of carbonyl (C=O) groups is 1. The number of hydrogen-bond donors (Lipinski definition) is 2. The molecule has 1 aromatic heterocycles. The lowest BCUT2D eigenvalue weighted by Gasteiger charge is -2.22. The summed E-state index contributed by atoms with van der Waals surface area (Å²) in [7, 11) is 0. The second-order valence-electron chi connectivity index (χ2n) is 3.72. The molecule has 4 N–H and O–H groups in total. The van der Waals surface area contributed by atoms with Gasteiger partial charge in [-0.3, -0.25) is 9.78 Å². The van der Waals surface area contributed by atoms with E-state index in [-0.39, 0.29) is 12.5 Å². The Morgan fingerprint density at radius 2 is 2.25 bits per heavy atom. The quantitative estimate of drug-likeness (QED) is 0.744. The third-order valence-electron chi connectivity index (χ3n) is 2.24. The maximum atomic E-state index is 11.0. The molecule has 0 aromatic carbocycles. The number of aromatic nitrogens is 1. The molecule has 88 valence electrons. The van der Waals surface area contributed by atoms with Crippen LogP contribution in [0, 0.1) is 0 Å². The standard InChI is InChI=1S/C11H18N4O/c1-2-3-4-15(8-11(13)16)10-5-9(12)6-14-7-10/h5-7H,2-4,8,12H2,1H3,(H2,13,16). The Bertz CT molecular complexity index is 354. The molecule has 0 saturated carbocycles. The van der Waals surface area contributed by atoms with Crippen molar-refractivity contribution in [3.8, 4) is 0 Å². The Balaban J connectivity index is 2.78. The molecule has 0 atom stereocenters. The van der Waals surface area contributed by atoms with Crippen LogP contribution >= 0.6 is 0 Å². The molecule has 1 amide bonds. The van der Waals surface area contributed by atoms with Gasteiger partial charge in [0.25, 0.3) is 0 Å². The Labute approximate surface area is 95.4 Å². The van der Waals surface area contributed by atoms with Crippen LogP contribution in [0.15, 0.2) is 18.5 Å². The van der Waals surface area contributed by atoms with Crippen molar-refractivity contribution in [3.63, 3.8) is 0 Å². The molecular formula is C11H18N4O. The monoisotopic (exact) mass is 222 g/mol. The lowest BCUT2D eigenvalue weighted by molar-refractivity contribution is -0.116. The van der Waals surface area contributed by atoms with Crippen LogP contribution in [0.3, 0.4) is 0 Å². The summed E-state index contributed by atoms with van der Waals surface area (Å²) in [6.45, 7) is 3.08. The third kappa shape index (κ3) is 3.76. The third-order valence-corrected chi connectivity index (χ3v) is 2.24. The van der Waals surface area contributed by atoms with Crippen LogP contribution in [0.5, 0.6) is 0 Å². The first-order valence-electron chi connectivity index (χ1n) is 5.37. The zero-order valence-corrected chi connectivity index (χ0v) is 9.52. The van der Waals surface area contributed by atoms with Gasteiger partial charge in [-0.15, -0.1) is 0 Å². The SMILES string of the molecule is CCCCN(CC(N)=O)c1cncc(N)c1. The summed E-state index contributed by atoms with van der Waals surface area (Å²) >= 11 is 0. The summed E-state index contributed by atoms with van der Waals surface area (Å²) in [5.41, 5.74) is 12.3. The highest BCUT2D eigenvalue weighted by Gasteiger charge is 2.09. The minimum Gasteiger partial charge on any atom is -0.397 e. The Morgan fingerprint density at radius 1 is 1.50 bits per heavy atom. The average molecular weight is 222 g/mol. The lowest BCUT2D eigenvalue weighted by Crippen LogP contribution is -2.34. The summed E-state index contributed by atoms with van der Waals surface area (Å²) < 4.78 is 0. The van der Waals surface area contributed by atoms with Crippen LogP contribution in [-0.2, 0) is 4.79 Å². The number of nitrogens with two attached hydrogens (primary N) is 2. The number of anilines is 2. The Morgan fingerprint density at radius 3 is 2.81 bits per heavy atom. The van der Waals surface area contributed by atoms with Gasteiger partial charge in [-0.25, -0.2) is 0 Å². The topological polar surface area (TPSA) is 85.2 Å². The first-order valence-corrected chi connectivity index (χ1v) is 5.37. The lowest BCUT2D eigenvalue weighted by atomic mass is 10.2. The maximum Gasteiger partial charge on any atom is 0.236 e. The molecule has 1 aromatic rings. The average Bonchev–Trinajstić information content (AvgIpc) is 2.23. The molecule has 0 radical (unpaired) electrons. The van der Waals surface area contributed by atoms with Crippen molar-refractivity contribution >= 4 is 17.3 Å². The fraction of sp³-hybridized carbons (Fsp3) is 0.455. The van der Waals surface area contributed by atoms with Gasteiger partial charge in [0, 0.05) is 12.7 Å². The van der Waals surface area contributed by atoms with Gasteiger partial charge in [-0.1, -0.05) is 13.3 Å². The van der Waals surface area contributed by atoms with E-state index in [1.807, 2.05) is 4.90 Å². The zero-order valence-electron chi connectivity index (χ0n) is 9.52. The summed E-state index contributed by atoms with van der Waals surface area (Å²) in [6.07, 6.45) is 5.33. The normalized spacial score (nSPS) is 10.1. The molecule has 0 aliphatic carbocycles. The number of nitrogens with zero attached hydrogens (tertiary/aromatic N) is 2. The summed E-state index contributed by atoms with van der Waals surface area (Å²) in [4.78, 5) is 16.9. The Kier molecular flexibility index (Phi) is 4.57. The van der Waals surface area contributed by atoms with Gasteiger partial charge in [0.1, 0.15) is 0 Å². The number of nitrogen functional groups attached to an aromatic ring is 1. The van der Waals surface area contributed by atoms with Crippen LogP contribution in [-0.4, -0.2) is 24.0 Å². The molecule has 0 aliphatic heterocycles. The van der Waals surface area contributed by atoms with E-state index in [9.17, 15) is 4.79 Å². The second-order valence-corrected chi connectivity index (χ2v) is 3.72. The molecule has 5 heteroatoms. The Hall–Kier alpha value is -1.78. The van der Waals surface area contributed by atoms with Crippen molar-refractivity contribution in [1.82, 2.24) is 4.98 Å². The van der Waals surface area contributed by atoms with E-state index in [1.54, 1.807) is 18.5 Å². The highest BCUT2D eigenvalue weighted by Crippen LogP contribution is 2.16. The minimum atomic E-state index is -0.349. The fourth-order valence-electron chi connectivity index (χ4n) is 1.45. The van der Waals surface area contributed by atoms with Crippen molar-refractivity contribution < 1.29 is 4.79 Å². The molecule has 1 heterocycles. The number of pyridine rings is 1. The summed E-state index contributed by atoms with van der Waals surface area (Å²) in [6, 6.07) is 1.80. The van der Waals surface area contributed by atoms with Crippen molar-refractivity contribution in [2.24, 2.45) is 5.73 Å². The second kappa shape index (κ2) is 5.95. The van der Waals surface area contributed by atoms with E-state index < -0.39 is 0 Å². The van der Waals surface area contributed by atoms with Gasteiger partial charge < -0.3 is 16.4 Å². The zero-order chi connectivity index (χ0) is 12.0. The molecule has 0 saturated heterocycles. The molecule has 0 bridgehead atoms. The first kappa shape index (κ1) is 12.3. The van der Waals surface area contributed by atoms with E-state index in [4.69, 9.17) is 11.5 Å². The van der Waals surface area contributed by atoms with Crippen LogP contribution in [0.25, 0.3) is 0 Å². The molecule has 1 rings (SSSR count). The van der Waals surface area contributed by atoms with Crippen LogP contribution < -0.4 is 16.4 Å². The number of carbonyl (C=O) groups excluding carboxylic acids is 1. The predicted molar refractivity (Wildman–Crippen MR) is 65.0 cm³/mol. The fourth-order valence-corrected chi connectivity index (χ4v) is 1.45. The maximum absolute atomic E-state index is 11.0. The van der Waals surface area contributed by atoms with Gasteiger partial charge in [-0.05, 0) is 12.5 Å². The van der Waals surface area contributed by atoms with Crippen molar-refractivity contribution in [3.05, 3.63) is 18.5 Å². The molecular weight excluding hydrogens is 204 g/mol. The van der Waals surface area contributed by atoms with Gasteiger partial charge in [-0.2, -0.15) is 0 Å². The number of primary amides is 1. The van der Waals surface area contributed by atoms with Gasteiger partial charge in [0.05, 0.1) is 24.1 Å². The molecule has 0 unspecified atom stereocenters. The number of unbranched alkanes of at least 4 members (excludes halogenated alkanes) is 1. The van der Waals surface area contributed by atoms with Crippen molar-refractivity contribution in [2.75, 3.05) is 23.7 Å². The van der Waals surface area contributed by atoms with E-state index in [1.165, 1.54) is 0 Å². The van der Waals surface area contributed by atoms with Gasteiger partial charge in [0.2, 0.25) is 5.91 Å². The molecule has 0 fully saturated rings.